The molecule has 0 aliphatic carbocycles. The smallest absolute Gasteiger partial charge is 0.268 e. The Labute approximate surface area is 183 Å². The SMILES string of the molecule is Cc1cc(Cn2cc(C(F)(F)C(F)(F)F)cn2)ccc1N1C(=O)c2cccc(Cl)c2C1=O. The van der Waals surface area contributed by atoms with Gasteiger partial charge in [-0.1, -0.05) is 29.8 Å². The molecule has 2 amide bonds. The summed E-state index contributed by atoms with van der Waals surface area (Å²) in [5.74, 6) is -6.12. The highest BCUT2D eigenvalue weighted by atomic mass is 35.5. The average Bonchev–Trinajstić information content (AvgIpc) is 3.26. The van der Waals surface area contributed by atoms with Crippen LogP contribution in [0.2, 0.25) is 5.02 Å². The summed E-state index contributed by atoms with van der Waals surface area (Å²) in [6.07, 6.45) is -4.63. The number of alkyl halides is 5. The molecule has 0 radical (unpaired) electrons. The number of hydrogen-bond acceptors (Lipinski definition) is 3. The van der Waals surface area contributed by atoms with Crippen LogP contribution in [0.15, 0.2) is 48.8 Å². The molecule has 0 unspecified atom stereocenters. The van der Waals surface area contributed by atoms with Crippen LogP contribution < -0.4 is 4.90 Å². The van der Waals surface area contributed by atoms with Crippen molar-refractivity contribution in [3.05, 3.63) is 81.6 Å². The number of carbonyl (C=O) groups excluding carboxylic acids is 2. The van der Waals surface area contributed by atoms with Crippen molar-refractivity contribution in [3.8, 4) is 0 Å². The first-order valence-electron chi connectivity index (χ1n) is 9.16. The number of rotatable bonds is 4. The van der Waals surface area contributed by atoms with Gasteiger partial charge in [0.2, 0.25) is 0 Å². The van der Waals surface area contributed by atoms with Crippen molar-refractivity contribution >= 4 is 29.1 Å². The van der Waals surface area contributed by atoms with E-state index in [9.17, 15) is 31.5 Å². The molecular weight excluding hydrogens is 457 g/mol. The van der Waals surface area contributed by atoms with E-state index in [0.29, 0.717) is 29.2 Å². The molecule has 2 heterocycles. The lowest BCUT2D eigenvalue weighted by molar-refractivity contribution is -0.289. The quantitative estimate of drug-likeness (QED) is 0.382. The van der Waals surface area contributed by atoms with Crippen LogP contribution in [0, 0.1) is 6.92 Å². The molecule has 1 aliphatic rings. The zero-order valence-corrected chi connectivity index (χ0v) is 17.0. The predicted octanol–water partition coefficient (Wildman–Crippen LogP) is 5.35. The van der Waals surface area contributed by atoms with Gasteiger partial charge in [-0.3, -0.25) is 14.3 Å². The van der Waals surface area contributed by atoms with Gasteiger partial charge in [0.25, 0.3) is 11.8 Å². The van der Waals surface area contributed by atoms with Gasteiger partial charge in [-0.2, -0.15) is 27.1 Å². The second-order valence-corrected chi connectivity index (χ2v) is 7.63. The molecule has 0 fully saturated rings. The Morgan fingerprint density at radius 3 is 2.38 bits per heavy atom. The summed E-state index contributed by atoms with van der Waals surface area (Å²) in [5, 5.41) is 3.74. The first-order chi connectivity index (χ1) is 14.9. The van der Waals surface area contributed by atoms with Crippen molar-refractivity contribution in [1.29, 1.82) is 0 Å². The first-order valence-corrected chi connectivity index (χ1v) is 9.54. The van der Waals surface area contributed by atoms with Crippen LogP contribution in [0.5, 0.6) is 0 Å². The lowest BCUT2D eigenvalue weighted by Crippen LogP contribution is -2.33. The Morgan fingerprint density at radius 2 is 1.75 bits per heavy atom. The van der Waals surface area contributed by atoms with E-state index in [1.807, 2.05) is 0 Å². The largest absolute Gasteiger partial charge is 0.458 e. The van der Waals surface area contributed by atoms with Crippen LogP contribution >= 0.6 is 11.6 Å². The molecule has 0 saturated carbocycles. The number of aromatic nitrogens is 2. The van der Waals surface area contributed by atoms with Gasteiger partial charge < -0.3 is 0 Å². The summed E-state index contributed by atoms with van der Waals surface area (Å²) in [6, 6.07) is 9.17. The van der Waals surface area contributed by atoms with Crippen molar-refractivity contribution < 1.29 is 31.5 Å². The van der Waals surface area contributed by atoms with E-state index in [1.54, 1.807) is 19.1 Å². The van der Waals surface area contributed by atoms with Crippen molar-refractivity contribution in [2.24, 2.45) is 0 Å². The fraction of sp³-hybridized carbons (Fsp3) is 0.190. The minimum Gasteiger partial charge on any atom is -0.268 e. The maximum atomic E-state index is 13.5. The summed E-state index contributed by atoms with van der Waals surface area (Å²) in [5.41, 5.74) is 0.368. The van der Waals surface area contributed by atoms with E-state index in [4.69, 9.17) is 11.6 Å². The predicted molar refractivity (Wildman–Crippen MR) is 105 cm³/mol. The van der Waals surface area contributed by atoms with E-state index in [-0.39, 0.29) is 22.7 Å². The molecule has 32 heavy (non-hydrogen) atoms. The van der Waals surface area contributed by atoms with Crippen LogP contribution in [0.3, 0.4) is 0 Å². The van der Waals surface area contributed by atoms with Gasteiger partial charge in [-0.05, 0) is 36.2 Å². The summed E-state index contributed by atoms with van der Waals surface area (Å²) in [6.45, 7) is 1.54. The molecule has 11 heteroatoms. The third kappa shape index (κ3) is 3.44. The Kier molecular flexibility index (Phi) is 5.08. The number of amides is 2. The molecule has 3 aromatic rings. The summed E-state index contributed by atoms with van der Waals surface area (Å²) in [4.78, 5) is 26.5. The molecule has 2 aromatic carbocycles. The van der Waals surface area contributed by atoms with Crippen LogP contribution in [0.1, 0.15) is 37.4 Å². The number of halogens is 6. The van der Waals surface area contributed by atoms with E-state index in [2.05, 4.69) is 5.10 Å². The van der Waals surface area contributed by atoms with E-state index < -0.39 is 29.5 Å². The number of benzene rings is 2. The Hall–Kier alpha value is -3.27. The maximum absolute atomic E-state index is 13.5. The molecule has 0 spiro atoms. The fourth-order valence-electron chi connectivity index (χ4n) is 3.49. The standard InChI is InChI=1S/C21H13ClF5N3O2/c1-11-7-12(9-29-10-13(8-28-29)20(23,24)21(25,26)27)5-6-16(11)30-18(31)14-3-2-4-15(22)17(14)19(30)32/h2-8,10H,9H2,1H3. The van der Waals surface area contributed by atoms with Gasteiger partial charge in [-0.15, -0.1) is 0 Å². The van der Waals surface area contributed by atoms with Crippen LogP contribution in [-0.2, 0) is 12.5 Å². The number of aryl methyl sites for hydroxylation is 1. The van der Waals surface area contributed by atoms with Gasteiger partial charge in [0.15, 0.2) is 0 Å². The number of hydrogen-bond donors (Lipinski definition) is 0. The molecule has 1 aliphatic heterocycles. The van der Waals surface area contributed by atoms with Crippen LogP contribution in [-0.4, -0.2) is 27.8 Å². The molecule has 0 atom stereocenters. The van der Waals surface area contributed by atoms with Gasteiger partial charge in [0.05, 0.1) is 40.1 Å². The highest BCUT2D eigenvalue weighted by Crippen LogP contribution is 2.43. The van der Waals surface area contributed by atoms with E-state index in [1.165, 1.54) is 24.3 Å². The fourth-order valence-corrected chi connectivity index (χ4v) is 3.75. The van der Waals surface area contributed by atoms with Gasteiger partial charge in [0.1, 0.15) is 0 Å². The zero-order chi connectivity index (χ0) is 23.4. The molecule has 5 nitrogen and oxygen atoms in total. The second-order valence-electron chi connectivity index (χ2n) is 7.23. The number of anilines is 1. The number of imide groups is 1. The Morgan fingerprint density at radius 1 is 1.03 bits per heavy atom. The van der Waals surface area contributed by atoms with E-state index in [0.717, 1.165) is 9.58 Å². The molecular formula is C21H13ClF5N3O2. The van der Waals surface area contributed by atoms with Crippen LogP contribution in [0.25, 0.3) is 0 Å². The lowest BCUT2D eigenvalue weighted by Gasteiger charge is -2.18. The number of carbonyl (C=O) groups is 2. The number of fused-ring (bicyclic) bond motifs is 1. The normalized spacial score (nSPS) is 14.3. The first kappa shape index (κ1) is 21.9. The summed E-state index contributed by atoms with van der Waals surface area (Å²) < 4.78 is 65.5. The highest BCUT2D eigenvalue weighted by Gasteiger charge is 2.59. The zero-order valence-electron chi connectivity index (χ0n) is 16.3. The average molecular weight is 470 g/mol. The summed E-state index contributed by atoms with van der Waals surface area (Å²) in [7, 11) is 0. The minimum absolute atomic E-state index is 0.0942. The third-order valence-corrected chi connectivity index (χ3v) is 5.38. The monoisotopic (exact) mass is 469 g/mol. The molecule has 0 saturated heterocycles. The molecule has 1 aromatic heterocycles. The van der Waals surface area contributed by atoms with E-state index >= 15 is 0 Å². The maximum Gasteiger partial charge on any atom is 0.458 e. The molecule has 0 N–H and O–H groups in total. The molecule has 4 rings (SSSR count). The van der Waals surface area contributed by atoms with Crippen molar-refractivity contribution in [2.45, 2.75) is 25.6 Å². The summed E-state index contributed by atoms with van der Waals surface area (Å²) >= 11 is 6.07. The van der Waals surface area contributed by atoms with Gasteiger partial charge >= 0.3 is 12.1 Å². The highest BCUT2D eigenvalue weighted by molar-refractivity contribution is 6.42. The lowest BCUT2D eigenvalue weighted by atomic mass is 10.1. The minimum atomic E-state index is -5.73. The molecule has 0 bridgehead atoms. The number of nitrogens with zero attached hydrogens (tertiary/aromatic N) is 3. The van der Waals surface area contributed by atoms with Crippen LogP contribution in [0.4, 0.5) is 27.6 Å². The van der Waals surface area contributed by atoms with Gasteiger partial charge in [-0.25, -0.2) is 4.90 Å². The third-order valence-electron chi connectivity index (χ3n) is 5.06. The van der Waals surface area contributed by atoms with Crippen molar-refractivity contribution in [1.82, 2.24) is 9.78 Å². The van der Waals surface area contributed by atoms with Crippen molar-refractivity contribution in [2.75, 3.05) is 4.90 Å². The second kappa shape index (κ2) is 7.40. The van der Waals surface area contributed by atoms with Crippen molar-refractivity contribution in [3.63, 3.8) is 0 Å². The Balaban J connectivity index is 1.59. The van der Waals surface area contributed by atoms with Gasteiger partial charge in [0, 0.05) is 6.20 Å². The molecule has 166 valence electrons. The Bertz CT molecular complexity index is 1250. The topological polar surface area (TPSA) is 55.2 Å².